The lowest BCUT2D eigenvalue weighted by molar-refractivity contribution is -0.134. The molecule has 0 radical (unpaired) electrons. The van der Waals surface area contributed by atoms with Crippen LogP contribution >= 0.6 is 0 Å². The molecular formula is C17H25N3O3. The van der Waals surface area contributed by atoms with Crippen molar-refractivity contribution in [2.45, 2.75) is 33.7 Å². The number of amides is 3. The highest BCUT2D eigenvalue weighted by Crippen LogP contribution is 2.09. The molecule has 0 bridgehead atoms. The van der Waals surface area contributed by atoms with E-state index in [1.807, 2.05) is 33.8 Å². The molecular weight excluding hydrogens is 294 g/mol. The van der Waals surface area contributed by atoms with E-state index in [1.165, 1.54) is 11.9 Å². The van der Waals surface area contributed by atoms with Crippen molar-refractivity contribution in [1.29, 1.82) is 0 Å². The zero-order chi connectivity index (χ0) is 17.6. The van der Waals surface area contributed by atoms with Gasteiger partial charge in [0.25, 0.3) is 5.91 Å². The van der Waals surface area contributed by atoms with Crippen LogP contribution in [-0.4, -0.2) is 48.8 Å². The van der Waals surface area contributed by atoms with E-state index in [1.54, 1.807) is 12.1 Å². The van der Waals surface area contributed by atoms with E-state index >= 15 is 0 Å². The third kappa shape index (κ3) is 6.10. The van der Waals surface area contributed by atoms with Gasteiger partial charge in [-0.3, -0.25) is 14.4 Å². The highest BCUT2D eigenvalue weighted by Gasteiger charge is 2.15. The number of benzene rings is 1. The van der Waals surface area contributed by atoms with Crippen molar-refractivity contribution in [2.24, 2.45) is 0 Å². The van der Waals surface area contributed by atoms with Crippen LogP contribution in [0.2, 0.25) is 0 Å². The summed E-state index contributed by atoms with van der Waals surface area (Å²) in [5, 5.41) is 5.29. The van der Waals surface area contributed by atoms with Gasteiger partial charge in [-0.25, -0.2) is 0 Å². The van der Waals surface area contributed by atoms with Crippen molar-refractivity contribution in [3.8, 4) is 0 Å². The number of carbonyl (C=O) groups is 3. The molecule has 0 aromatic heterocycles. The summed E-state index contributed by atoms with van der Waals surface area (Å²) >= 11 is 0. The Morgan fingerprint density at radius 2 is 1.78 bits per heavy atom. The molecule has 23 heavy (non-hydrogen) atoms. The van der Waals surface area contributed by atoms with Gasteiger partial charge >= 0.3 is 0 Å². The van der Waals surface area contributed by atoms with Crippen molar-refractivity contribution in [3.63, 3.8) is 0 Å². The molecule has 0 heterocycles. The summed E-state index contributed by atoms with van der Waals surface area (Å²) in [5.41, 5.74) is 2.64. The number of nitrogens with one attached hydrogen (secondary N) is 2. The predicted octanol–water partition coefficient (Wildman–Crippen LogP) is 1.02. The fourth-order valence-corrected chi connectivity index (χ4v) is 1.95. The Hall–Kier alpha value is -2.37. The summed E-state index contributed by atoms with van der Waals surface area (Å²) in [7, 11) is 1.53. The Morgan fingerprint density at radius 3 is 2.35 bits per heavy atom. The molecule has 0 atom stereocenters. The van der Waals surface area contributed by atoms with Crippen molar-refractivity contribution < 1.29 is 14.4 Å². The van der Waals surface area contributed by atoms with Gasteiger partial charge in [0, 0.05) is 18.7 Å². The number of carbonyl (C=O) groups excluding carboxylic acids is 3. The Balaban J connectivity index is 2.50. The fourth-order valence-electron chi connectivity index (χ4n) is 1.95. The van der Waals surface area contributed by atoms with Crippen molar-refractivity contribution in [1.82, 2.24) is 15.5 Å². The van der Waals surface area contributed by atoms with Crippen LogP contribution in [0.15, 0.2) is 18.2 Å². The maximum absolute atomic E-state index is 12.0. The second-order valence-corrected chi connectivity index (χ2v) is 5.95. The lowest BCUT2D eigenvalue weighted by Crippen LogP contribution is -2.44. The number of likely N-dealkylation sites (N-methyl/N-ethyl adjacent to an activating group) is 1. The van der Waals surface area contributed by atoms with Crippen LogP contribution in [0.4, 0.5) is 0 Å². The zero-order valence-corrected chi connectivity index (χ0v) is 14.4. The van der Waals surface area contributed by atoms with Gasteiger partial charge in [-0.05, 0) is 51.0 Å². The molecule has 0 saturated heterocycles. The van der Waals surface area contributed by atoms with Crippen molar-refractivity contribution >= 4 is 17.7 Å². The molecule has 6 nitrogen and oxygen atoms in total. The van der Waals surface area contributed by atoms with E-state index in [4.69, 9.17) is 0 Å². The monoisotopic (exact) mass is 319 g/mol. The predicted molar refractivity (Wildman–Crippen MR) is 89.2 cm³/mol. The number of aryl methyl sites for hydroxylation is 2. The van der Waals surface area contributed by atoms with Crippen molar-refractivity contribution in [2.75, 3.05) is 20.1 Å². The standard InChI is InChI=1S/C17H25N3O3/c1-11(2)19-15(21)10-20(5)16(22)9-18-17(23)14-7-6-12(3)13(4)8-14/h6-8,11H,9-10H2,1-5H3,(H,18,23)(H,19,21). The molecule has 0 fully saturated rings. The SMILES string of the molecule is Cc1ccc(C(=O)NCC(=O)N(C)CC(=O)NC(C)C)cc1C. The first kappa shape index (κ1) is 18.7. The largest absolute Gasteiger partial charge is 0.352 e. The topological polar surface area (TPSA) is 78.5 Å². The Kier molecular flexibility index (Phi) is 6.75. The Bertz CT molecular complexity index is 597. The summed E-state index contributed by atoms with van der Waals surface area (Å²) in [6.45, 7) is 7.43. The van der Waals surface area contributed by atoms with E-state index < -0.39 is 0 Å². The second kappa shape index (κ2) is 8.31. The van der Waals surface area contributed by atoms with Crippen molar-refractivity contribution in [3.05, 3.63) is 34.9 Å². The number of hydrogen-bond acceptors (Lipinski definition) is 3. The van der Waals surface area contributed by atoms with Crippen LogP contribution in [0.5, 0.6) is 0 Å². The minimum atomic E-state index is -0.318. The number of hydrogen-bond donors (Lipinski definition) is 2. The van der Waals surface area contributed by atoms with E-state index in [2.05, 4.69) is 10.6 Å². The maximum atomic E-state index is 12.0. The minimum absolute atomic E-state index is 0.0236. The Labute approximate surface area is 137 Å². The normalized spacial score (nSPS) is 10.3. The zero-order valence-electron chi connectivity index (χ0n) is 14.4. The van der Waals surface area contributed by atoms with Gasteiger partial charge in [0.1, 0.15) is 0 Å². The van der Waals surface area contributed by atoms with Crippen LogP contribution in [0.25, 0.3) is 0 Å². The van der Waals surface area contributed by atoms with Crippen LogP contribution < -0.4 is 10.6 Å². The van der Waals surface area contributed by atoms with Crippen LogP contribution in [-0.2, 0) is 9.59 Å². The summed E-state index contributed by atoms with van der Waals surface area (Å²) < 4.78 is 0. The average molecular weight is 319 g/mol. The highest BCUT2D eigenvalue weighted by atomic mass is 16.2. The molecule has 6 heteroatoms. The third-order valence-electron chi connectivity index (χ3n) is 3.43. The van der Waals surface area contributed by atoms with Gasteiger partial charge in [-0.2, -0.15) is 0 Å². The lowest BCUT2D eigenvalue weighted by Gasteiger charge is -2.18. The molecule has 2 N–H and O–H groups in total. The minimum Gasteiger partial charge on any atom is -0.352 e. The first-order chi connectivity index (χ1) is 10.7. The smallest absolute Gasteiger partial charge is 0.251 e. The van der Waals surface area contributed by atoms with Gasteiger partial charge in [0.2, 0.25) is 11.8 Å². The van der Waals surface area contributed by atoms with Gasteiger partial charge in [0.05, 0.1) is 13.1 Å². The molecule has 0 unspecified atom stereocenters. The molecule has 0 spiro atoms. The Morgan fingerprint density at radius 1 is 1.13 bits per heavy atom. The lowest BCUT2D eigenvalue weighted by atomic mass is 10.1. The molecule has 3 amide bonds. The molecule has 1 aromatic rings. The quantitative estimate of drug-likeness (QED) is 0.821. The van der Waals surface area contributed by atoms with Gasteiger partial charge < -0.3 is 15.5 Å². The average Bonchev–Trinajstić information content (AvgIpc) is 2.46. The van der Waals surface area contributed by atoms with E-state index in [9.17, 15) is 14.4 Å². The van der Waals surface area contributed by atoms with E-state index in [0.717, 1.165) is 11.1 Å². The van der Waals surface area contributed by atoms with Gasteiger partial charge in [0.15, 0.2) is 0 Å². The molecule has 1 aromatic carbocycles. The summed E-state index contributed by atoms with van der Waals surface area (Å²) in [5.74, 6) is -0.848. The van der Waals surface area contributed by atoms with E-state index in [-0.39, 0.29) is 36.9 Å². The first-order valence-corrected chi connectivity index (χ1v) is 7.59. The maximum Gasteiger partial charge on any atom is 0.251 e. The third-order valence-corrected chi connectivity index (χ3v) is 3.43. The molecule has 1 rings (SSSR count). The van der Waals surface area contributed by atoms with Gasteiger partial charge in [-0.1, -0.05) is 6.07 Å². The first-order valence-electron chi connectivity index (χ1n) is 7.59. The second-order valence-electron chi connectivity index (χ2n) is 5.95. The van der Waals surface area contributed by atoms with Crippen LogP contribution in [0.1, 0.15) is 35.3 Å². The van der Waals surface area contributed by atoms with Gasteiger partial charge in [-0.15, -0.1) is 0 Å². The highest BCUT2D eigenvalue weighted by molar-refractivity contribution is 5.97. The number of rotatable bonds is 6. The molecule has 126 valence electrons. The summed E-state index contributed by atoms with van der Waals surface area (Å²) in [4.78, 5) is 36.9. The number of nitrogens with zero attached hydrogens (tertiary/aromatic N) is 1. The summed E-state index contributed by atoms with van der Waals surface area (Å²) in [6, 6.07) is 5.40. The fraction of sp³-hybridized carbons (Fsp3) is 0.471. The summed E-state index contributed by atoms with van der Waals surface area (Å²) in [6.07, 6.45) is 0. The molecule has 0 saturated carbocycles. The van der Waals surface area contributed by atoms with E-state index in [0.29, 0.717) is 5.56 Å². The molecule has 0 aliphatic carbocycles. The van der Waals surface area contributed by atoms with Crippen LogP contribution in [0, 0.1) is 13.8 Å². The van der Waals surface area contributed by atoms with Crippen LogP contribution in [0.3, 0.4) is 0 Å². The molecule has 0 aliphatic heterocycles. The molecule has 0 aliphatic rings.